The van der Waals surface area contributed by atoms with E-state index in [1.807, 2.05) is 16.8 Å². The monoisotopic (exact) mass is 276 g/mol. The van der Waals surface area contributed by atoms with E-state index in [0.717, 1.165) is 18.0 Å². The maximum Gasteiger partial charge on any atom is 0.180 e. The van der Waals surface area contributed by atoms with Crippen LogP contribution in [0.2, 0.25) is 0 Å². The van der Waals surface area contributed by atoms with Gasteiger partial charge in [0.25, 0.3) is 0 Å². The van der Waals surface area contributed by atoms with Crippen molar-refractivity contribution >= 4 is 17.3 Å². The van der Waals surface area contributed by atoms with Crippen LogP contribution in [0.5, 0.6) is 0 Å². The molecule has 0 atom stereocenters. The van der Waals surface area contributed by atoms with E-state index in [-0.39, 0.29) is 0 Å². The van der Waals surface area contributed by atoms with Crippen molar-refractivity contribution in [3.05, 3.63) is 18.6 Å². The summed E-state index contributed by atoms with van der Waals surface area (Å²) in [5, 5.41) is 3.42. The molecular weight excluding hydrogens is 252 g/mol. The molecule has 2 aromatic rings. The number of nitrogen functional groups attached to an aromatic ring is 1. The molecule has 0 aliphatic carbocycles. The zero-order chi connectivity index (χ0) is 14.7. The van der Waals surface area contributed by atoms with Crippen molar-refractivity contribution in [1.29, 1.82) is 0 Å². The van der Waals surface area contributed by atoms with Crippen LogP contribution < -0.4 is 16.6 Å². The Kier molecular flexibility index (Phi) is 4.44. The third-order valence-electron chi connectivity index (χ3n) is 3.74. The zero-order valence-corrected chi connectivity index (χ0v) is 12.6. The third-order valence-corrected chi connectivity index (χ3v) is 3.74. The minimum Gasteiger partial charge on any atom is -0.367 e. The van der Waals surface area contributed by atoms with Crippen molar-refractivity contribution in [3.63, 3.8) is 0 Å². The van der Waals surface area contributed by atoms with Crippen molar-refractivity contribution < 1.29 is 0 Å². The van der Waals surface area contributed by atoms with Crippen LogP contribution in [0.3, 0.4) is 0 Å². The van der Waals surface area contributed by atoms with Crippen molar-refractivity contribution in [1.82, 2.24) is 14.4 Å². The average molecular weight is 276 g/mol. The Morgan fingerprint density at radius 3 is 2.55 bits per heavy atom. The van der Waals surface area contributed by atoms with E-state index in [1.54, 1.807) is 6.20 Å². The summed E-state index contributed by atoms with van der Waals surface area (Å²) in [6.45, 7) is 9.88. The summed E-state index contributed by atoms with van der Waals surface area (Å²) >= 11 is 0. The van der Waals surface area contributed by atoms with Crippen molar-refractivity contribution in [2.45, 2.75) is 27.7 Å². The molecule has 20 heavy (non-hydrogen) atoms. The van der Waals surface area contributed by atoms with Gasteiger partial charge in [0, 0.05) is 18.9 Å². The second kappa shape index (κ2) is 6.09. The van der Waals surface area contributed by atoms with Crippen LogP contribution >= 0.6 is 0 Å². The molecule has 0 saturated carbocycles. The molecule has 4 N–H and O–H groups in total. The van der Waals surface area contributed by atoms with Crippen LogP contribution in [0, 0.1) is 17.8 Å². The maximum absolute atomic E-state index is 5.46. The predicted molar refractivity (Wildman–Crippen MR) is 82.5 cm³/mol. The van der Waals surface area contributed by atoms with Gasteiger partial charge in [-0.05, 0) is 17.8 Å². The van der Waals surface area contributed by atoms with Gasteiger partial charge in [-0.15, -0.1) is 0 Å². The first kappa shape index (κ1) is 14.6. The Morgan fingerprint density at radius 1 is 1.25 bits per heavy atom. The van der Waals surface area contributed by atoms with E-state index in [2.05, 4.69) is 48.4 Å². The van der Waals surface area contributed by atoms with Crippen LogP contribution in [0.25, 0.3) is 5.65 Å². The largest absolute Gasteiger partial charge is 0.367 e. The van der Waals surface area contributed by atoms with Crippen molar-refractivity contribution in [2.24, 2.45) is 23.6 Å². The van der Waals surface area contributed by atoms with Gasteiger partial charge in [-0.1, -0.05) is 27.7 Å². The van der Waals surface area contributed by atoms with Gasteiger partial charge < -0.3 is 15.1 Å². The van der Waals surface area contributed by atoms with Gasteiger partial charge in [0.05, 0.1) is 6.20 Å². The minimum atomic E-state index is 0.585. The normalized spacial score (nSPS) is 11.8. The SMILES string of the molecule is CC(C)C(CNc1nc(NN)cn2ccnc12)C(C)C. The lowest BCUT2D eigenvalue weighted by atomic mass is 9.85. The summed E-state index contributed by atoms with van der Waals surface area (Å²) in [6, 6.07) is 0. The lowest BCUT2D eigenvalue weighted by Crippen LogP contribution is -2.25. The van der Waals surface area contributed by atoms with E-state index in [9.17, 15) is 0 Å². The maximum atomic E-state index is 5.46. The molecule has 2 rings (SSSR count). The number of nitrogens with two attached hydrogens (primary N) is 1. The summed E-state index contributed by atoms with van der Waals surface area (Å²) in [6.07, 6.45) is 5.45. The number of rotatable bonds is 6. The Bertz CT molecular complexity index is 552. The molecule has 6 nitrogen and oxygen atoms in total. The van der Waals surface area contributed by atoms with Gasteiger partial charge in [0.1, 0.15) is 0 Å². The molecule has 0 fully saturated rings. The Labute approximate surface area is 119 Å². The van der Waals surface area contributed by atoms with E-state index in [1.165, 1.54) is 0 Å². The highest BCUT2D eigenvalue weighted by Crippen LogP contribution is 2.22. The smallest absolute Gasteiger partial charge is 0.180 e. The molecule has 2 heterocycles. The standard InChI is InChI=1S/C14H24N6/c1-9(2)11(10(3)4)7-17-13-14-16-5-6-20(14)8-12(18-13)19-15/h5-6,8-11,19H,7,15H2,1-4H3,(H,17,18). The number of nitrogens with zero attached hydrogens (tertiary/aromatic N) is 3. The lowest BCUT2D eigenvalue weighted by Gasteiger charge is -2.25. The molecule has 0 unspecified atom stereocenters. The summed E-state index contributed by atoms with van der Waals surface area (Å²) in [4.78, 5) is 8.78. The number of hydrogen-bond donors (Lipinski definition) is 3. The van der Waals surface area contributed by atoms with E-state index < -0.39 is 0 Å². The quantitative estimate of drug-likeness (QED) is 0.557. The lowest BCUT2D eigenvalue weighted by molar-refractivity contribution is 0.304. The Hall–Kier alpha value is -1.82. The number of nitrogens with one attached hydrogen (secondary N) is 2. The minimum absolute atomic E-state index is 0.585. The first-order chi connectivity index (χ1) is 9.52. The fraction of sp³-hybridized carbons (Fsp3) is 0.571. The van der Waals surface area contributed by atoms with Gasteiger partial charge in [0.2, 0.25) is 0 Å². The average Bonchev–Trinajstić information content (AvgIpc) is 2.85. The number of aromatic nitrogens is 3. The predicted octanol–water partition coefficient (Wildman–Crippen LogP) is 2.35. The zero-order valence-electron chi connectivity index (χ0n) is 12.6. The van der Waals surface area contributed by atoms with E-state index in [4.69, 9.17) is 5.84 Å². The van der Waals surface area contributed by atoms with Crippen LogP contribution in [0.15, 0.2) is 18.6 Å². The van der Waals surface area contributed by atoms with Crippen LogP contribution in [0.4, 0.5) is 11.6 Å². The van der Waals surface area contributed by atoms with Crippen LogP contribution in [-0.4, -0.2) is 20.9 Å². The van der Waals surface area contributed by atoms with Gasteiger partial charge in [-0.3, -0.25) is 0 Å². The Morgan fingerprint density at radius 2 is 1.95 bits per heavy atom. The van der Waals surface area contributed by atoms with E-state index in [0.29, 0.717) is 23.6 Å². The highest BCUT2D eigenvalue weighted by Gasteiger charge is 2.18. The molecule has 0 bridgehead atoms. The molecule has 110 valence electrons. The molecule has 0 radical (unpaired) electrons. The van der Waals surface area contributed by atoms with Gasteiger partial charge in [0.15, 0.2) is 17.3 Å². The molecular formula is C14H24N6. The first-order valence-corrected chi connectivity index (χ1v) is 7.07. The molecule has 0 amide bonds. The molecule has 2 aromatic heterocycles. The van der Waals surface area contributed by atoms with Crippen LogP contribution in [0.1, 0.15) is 27.7 Å². The van der Waals surface area contributed by atoms with Gasteiger partial charge in [-0.2, -0.15) is 0 Å². The summed E-state index contributed by atoms with van der Waals surface area (Å²) in [5.74, 6) is 8.66. The molecule has 6 heteroatoms. The van der Waals surface area contributed by atoms with Crippen molar-refractivity contribution in [3.8, 4) is 0 Å². The number of fused-ring (bicyclic) bond motifs is 1. The van der Waals surface area contributed by atoms with E-state index >= 15 is 0 Å². The molecule has 0 aromatic carbocycles. The summed E-state index contributed by atoms with van der Waals surface area (Å²) in [7, 11) is 0. The first-order valence-electron chi connectivity index (χ1n) is 7.07. The number of imidazole rings is 1. The number of hydrogen-bond acceptors (Lipinski definition) is 5. The molecule has 0 aliphatic heterocycles. The third kappa shape index (κ3) is 3.01. The highest BCUT2D eigenvalue weighted by molar-refractivity contribution is 5.65. The van der Waals surface area contributed by atoms with Crippen LogP contribution in [-0.2, 0) is 0 Å². The summed E-state index contributed by atoms with van der Waals surface area (Å²) in [5.41, 5.74) is 3.40. The van der Waals surface area contributed by atoms with Crippen molar-refractivity contribution in [2.75, 3.05) is 17.3 Å². The fourth-order valence-electron chi connectivity index (χ4n) is 2.58. The van der Waals surface area contributed by atoms with Gasteiger partial charge in [-0.25, -0.2) is 15.8 Å². The summed E-state index contributed by atoms with van der Waals surface area (Å²) < 4.78 is 1.91. The Balaban J connectivity index is 2.22. The fourth-order valence-corrected chi connectivity index (χ4v) is 2.58. The molecule has 0 saturated heterocycles. The van der Waals surface area contributed by atoms with Gasteiger partial charge >= 0.3 is 0 Å². The second-order valence-electron chi connectivity index (χ2n) is 5.81. The molecule has 0 aliphatic rings. The highest BCUT2D eigenvalue weighted by atomic mass is 15.3. The molecule has 0 spiro atoms. The topological polar surface area (TPSA) is 80.3 Å². The number of hydrazine groups is 1. The number of anilines is 2. The second-order valence-corrected chi connectivity index (χ2v) is 5.81.